The minimum Gasteiger partial charge on any atom is -0.349 e. The summed E-state index contributed by atoms with van der Waals surface area (Å²) in [4.78, 5) is 17.6. The van der Waals surface area contributed by atoms with Crippen LogP contribution in [0, 0.1) is 6.92 Å². The molecule has 2 saturated carbocycles. The third-order valence-electron chi connectivity index (χ3n) is 4.62. The average molecular weight is 312 g/mol. The fourth-order valence-electron chi connectivity index (χ4n) is 3.03. The van der Waals surface area contributed by atoms with Crippen molar-refractivity contribution in [2.45, 2.75) is 70.9 Å². The first kappa shape index (κ1) is 14.7. The van der Waals surface area contributed by atoms with Gasteiger partial charge in [0.1, 0.15) is 0 Å². The van der Waals surface area contributed by atoms with Gasteiger partial charge in [-0.3, -0.25) is 4.79 Å². The molecule has 2 aliphatic rings. The van der Waals surface area contributed by atoms with Gasteiger partial charge in [0.25, 0.3) is 5.91 Å². The third-order valence-corrected chi connectivity index (χ3v) is 4.62. The normalized spacial score (nSPS) is 18.4. The molecule has 23 heavy (non-hydrogen) atoms. The second-order valence-electron chi connectivity index (χ2n) is 7.98. The van der Waals surface area contributed by atoms with Crippen molar-refractivity contribution in [3.8, 4) is 0 Å². The molecule has 0 atom stereocenters. The highest BCUT2D eigenvalue weighted by Crippen LogP contribution is 2.41. The number of hydrogen-bond donors (Lipinski definition) is 1. The molecule has 0 aliphatic heterocycles. The topological polar surface area (TPSA) is 59.8 Å². The summed E-state index contributed by atoms with van der Waals surface area (Å²) in [5.41, 5.74) is 3.36. The summed E-state index contributed by atoms with van der Waals surface area (Å²) < 4.78 is 1.97. The quantitative estimate of drug-likeness (QED) is 0.946. The van der Waals surface area contributed by atoms with E-state index in [1.165, 1.54) is 12.8 Å². The molecule has 2 aromatic heterocycles. The van der Waals surface area contributed by atoms with Crippen molar-refractivity contribution < 1.29 is 4.79 Å². The number of pyridine rings is 1. The Morgan fingerprint density at radius 1 is 1.26 bits per heavy atom. The van der Waals surface area contributed by atoms with E-state index in [9.17, 15) is 4.79 Å². The van der Waals surface area contributed by atoms with Gasteiger partial charge in [0.05, 0.1) is 22.2 Å². The van der Waals surface area contributed by atoms with E-state index in [-0.39, 0.29) is 11.4 Å². The first-order valence-corrected chi connectivity index (χ1v) is 8.56. The third kappa shape index (κ3) is 2.62. The average Bonchev–Trinajstić information content (AvgIpc) is 3.36. The monoisotopic (exact) mass is 312 g/mol. The molecule has 0 unspecified atom stereocenters. The standard InChI is InChI=1S/C18H24N4O/c1-10-15-13(17(23)19-12-7-8-12)9-14(11-5-6-11)20-16(15)22(21-10)18(2,3)4/h9,11-12H,5-8H2,1-4H3,(H,19,23). The van der Waals surface area contributed by atoms with Crippen molar-refractivity contribution in [3.05, 3.63) is 23.0 Å². The Morgan fingerprint density at radius 2 is 1.96 bits per heavy atom. The zero-order chi connectivity index (χ0) is 16.4. The molecule has 5 nitrogen and oxygen atoms in total. The highest BCUT2D eigenvalue weighted by molar-refractivity contribution is 6.06. The van der Waals surface area contributed by atoms with Crippen molar-refractivity contribution >= 4 is 16.9 Å². The maximum absolute atomic E-state index is 12.7. The molecular weight excluding hydrogens is 288 g/mol. The van der Waals surface area contributed by atoms with E-state index in [1.54, 1.807) is 0 Å². The van der Waals surface area contributed by atoms with Crippen LogP contribution in [0.5, 0.6) is 0 Å². The first-order valence-electron chi connectivity index (χ1n) is 8.56. The maximum Gasteiger partial charge on any atom is 0.252 e. The number of hydrogen-bond acceptors (Lipinski definition) is 3. The largest absolute Gasteiger partial charge is 0.349 e. The molecule has 4 rings (SSSR count). The number of aryl methyl sites for hydroxylation is 1. The van der Waals surface area contributed by atoms with Crippen molar-refractivity contribution in [1.82, 2.24) is 20.1 Å². The van der Waals surface area contributed by atoms with Crippen LogP contribution in [-0.4, -0.2) is 26.7 Å². The highest BCUT2D eigenvalue weighted by Gasteiger charge is 2.31. The van der Waals surface area contributed by atoms with E-state index in [4.69, 9.17) is 10.1 Å². The molecule has 122 valence electrons. The van der Waals surface area contributed by atoms with Crippen LogP contribution >= 0.6 is 0 Å². The Labute approximate surface area is 136 Å². The molecule has 0 bridgehead atoms. The van der Waals surface area contributed by atoms with Crippen molar-refractivity contribution in [1.29, 1.82) is 0 Å². The van der Waals surface area contributed by atoms with Gasteiger partial charge in [0.2, 0.25) is 0 Å². The predicted molar refractivity (Wildman–Crippen MR) is 89.7 cm³/mol. The molecule has 1 N–H and O–H groups in total. The lowest BCUT2D eigenvalue weighted by Gasteiger charge is -2.20. The minimum absolute atomic E-state index is 0.0263. The lowest BCUT2D eigenvalue weighted by molar-refractivity contribution is 0.0952. The summed E-state index contributed by atoms with van der Waals surface area (Å²) >= 11 is 0. The van der Waals surface area contributed by atoms with Crippen LogP contribution in [0.25, 0.3) is 11.0 Å². The van der Waals surface area contributed by atoms with E-state index >= 15 is 0 Å². The summed E-state index contributed by atoms with van der Waals surface area (Å²) in [5.74, 6) is 0.536. The van der Waals surface area contributed by atoms with Gasteiger partial charge in [-0.1, -0.05) is 0 Å². The summed E-state index contributed by atoms with van der Waals surface area (Å²) in [6.07, 6.45) is 4.53. The number of nitrogens with one attached hydrogen (secondary N) is 1. The van der Waals surface area contributed by atoms with Gasteiger partial charge in [-0.2, -0.15) is 5.10 Å². The lowest BCUT2D eigenvalue weighted by atomic mass is 10.1. The van der Waals surface area contributed by atoms with E-state index < -0.39 is 0 Å². The fraction of sp³-hybridized carbons (Fsp3) is 0.611. The molecule has 2 fully saturated rings. The SMILES string of the molecule is Cc1nn(C(C)(C)C)c2nc(C3CC3)cc(C(=O)NC3CC3)c12. The minimum atomic E-state index is -0.161. The molecule has 2 aliphatic carbocycles. The maximum atomic E-state index is 12.7. The van der Waals surface area contributed by atoms with Gasteiger partial charge >= 0.3 is 0 Å². The summed E-state index contributed by atoms with van der Waals surface area (Å²) in [6.45, 7) is 8.33. The molecule has 0 spiro atoms. The molecule has 2 heterocycles. The van der Waals surface area contributed by atoms with Gasteiger partial charge in [0.15, 0.2) is 5.65 Å². The Hall–Kier alpha value is -1.91. The van der Waals surface area contributed by atoms with Crippen LogP contribution in [0.3, 0.4) is 0 Å². The Kier molecular flexibility index (Phi) is 3.06. The molecular formula is C18H24N4O. The highest BCUT2D eigenvalue weighted by atomic mass is 16.1. The molecule has 1 amide bonds. The summed E-state index contributed by atoms with van der Waals surface area (Å²) in [5, 5.41) is 8.72. The van der Waals surface area contributed by atoms with Crippen molar-refractivity contribution in [2.24, 2.45) is 0 Å². The van der Waals surface area contributed by atoms with Crippen LogP contribution in [0.4, 0.5) is 0 Å². The second kappa shape index (κ2) is 4.79. The van der Waals surface area contributed by atoms with Gasteiger partial charge in [-0.25, -0.2) is 9.67 Å². The van der Waals surface area contributed by atoms with Gasteiger partial charge in [-0.15, -0.1) is 0 Å². The summed E-state index contributed by atoms with van der Waals surface area (Å²) in [7, 11) is 0. The van der Waals surface area contributed by atoms with Crippen molar-refractivity contribution in [2.75, 3.05) is 0 Å². The van der Waals surface area contributed by atoms with Gasteiger partial charge in [0, 0.05) is 17.7 Å². The zero-order valence-electron chi connectivity index (χ0n) is 14.3. The number of carbonyl (C=O) groups is 1. The van der Waals surface area contributed by atoms with Crippen molar-refractivity contribution in [3.63, 3.8) is 0 Å². The predicted octanol–water partition coefficient (Wildman–Crippen LogP) is 3.26. The van der Waals surface area contributed by atoms with Crippen LogP contribution in [0.1, 0.15) is 74.1 Å². The Morgan fingerprint density at radius 3 is 2.52 bits per heavy atom. The molecule has 0 radical (unpaired) electrons. The number of carbonyl (C=O) groups excluding carboxylic acids is 1. The summed E-state index contributed by atoms with van der Waals surface area (Å²) in [6, 6.07) is 2.35. The second-order valence-corrected chi connectivity index (χ2v) is 7.98. The van der Waals surface area contributed by atoms with Crippen LogP contribution in [0.2, 0.25) is 0 Å². The molecule has 5 heteroatoms. The van der Waals surface area contributed by atoms with Crippen LogP contribution in [-0.2, 0) is 5.54 Å². The van der Waals surface area contributed by atoms with E-state index in [0.717, 1.165) is 40.8 Å². The van der Waals surface area contributed by atoms with Gasteiger partial charge < -0.3 is 5.32 Å². The number of aromatic nitrogens is 3. The smallest absolute Gasteiger partial charge is 0.252 e. The number of amides is 1. The Balaban J connectivity index is 1.92. The molecule has 0 saturated heterocycles. The first-order chi connectivity index (χ1) is 10.8. The van der Waals surface area contributed by atoms with Crippen LogP contribution < -0.4 is 5.32 Å². The van der Waals surface area contributed by atoms with E-state index in [2.05, 4.69) is 26.1 Å². The molecule has 0 aromatic carbocycles. The van der Waals surface area contributed by atoms with Gasteiger partial charge in [-0.05, 0) is 59.4 Å². The Bertz CT molecular complexity index is 791. The molecule has 2 aromatic rings. The van der Waals surface area contributed by atoms with E-state index in [0.29, 0.717) is 12.0 Å². The number of nitrogens with zero attached hydrogens (tertiary/aromatic N) is 3. The zero-order valence-corrected chi connectivity index (χ0v) is 14.3. The number of fused-ring (bicyclic) bond motifs is 1. The fourth-order valence-corrected chi connectivity index (χ4v) is 3.03. The van der Waals surface area contributed by atoms with E-state index in [1.807, 2.05) is 17.7 Å². The lowest BCUT2D eigenvalue weighted by Crippen LogP contribution is -2.26. The number of rotatable bonds is 3. The van der Waals surface area contributed by atoms with Crippen LogP contribution in [0.15, 0.2) is 6.07 Å².